The van der Waals surface area contributed by atoms with E-state index in [0.717, 1.165) is 10.9 Å². The van der Waals surface area contributed by atoms with Gasteiger partial charge in [0, 0.05) is 23.3 Å². The van der Waals surface area contributed by atoms with Crippen LogP contribution >= 0.6 is 0 Å². The number of phenolic OH excluding ortho intramolecular Hbond substituents is 1. The largest absolute Gasteiger partial charge is 0.505 e. The summed E-state index contributed by atoms with van der Waals surface area (Å²) in [5, 5.41) is 24.4. The zero-order chi connectivity index (χ0) is 20.6. The van der Waals surface area contributed by atoms with E-state index in [1.807, 2.05) is 74.5 Å². The number of hydrogen-bond donors (Lipinski definition) is 2. The number of aromatic hydroxyl groups is 1. The van der Waals surface area contributed by atoms with Crippen LogP contribution in [0.5, 0.6) is 5.75 Å². The fraction of sp³-hybridized carbons (Fsp3) is 0.125. The van der Waals surface area contributed by atoms with Crippen molar-refractivity contribution in [1.29, 1.82) is 5.26 Å². The highest BCUT2D eigenvalue weighted by Gasteiger charge is 2.20. The van der Waals surface area contributed by atoms with Crippen molar-refractivity contribution in [3.8, 4) is 11.8 Å². The van der Waals surface area contributed by atoms with E-state index in [1.54, 1.807) is 18.5 Å². The van der Waals surface area contributed by atoms with E-state index in [-0.39, 0.29) is 11.8 Å². The Balaban J connectivity index is 0.00000117. The maximum atomic E-state index is 10.9. The first kappa shape index (κ1) is 19.8. The maximum Gasteiger partial charge on any atom is 0.147 e. The molecule has 0 saturated carbocycles. The van der Waals surface area contributed by atoms with Crippen LogP contribution in [0.3, 0.4) is 0 Å². The zero-order valence-corrected chi connectivity index (χ0v) is 16.4. The summed E-state index contributed by atoms with van der Waals surface area (Å²) in [6.07, 6.45) is 3.36. The van der Waals surface area contributed by atoms with Gasteiger partial charge in [-0.3, -0.25) is 4.98 Å². The van der Waals surface area contributed by atoms with Gasteiger partial charge in [-0.2, -0.15) is 5.26 Å². The molecule has 1 atom stereocenters. The number of nitrogens with zero attached hydrogens (tertiary/aromatic N) is 3. The van der Waals surface area contributed by atoms with Gasteiger partial charge < -0.3 is 10.4 Å². The van der Waals surface area contributed by atoms with Gasteiger partial charge in [0.1, 0.15) is 17.1 Å². The van der Waals surface area contributed by atoms with Crippen molar-refractivity contribution in [3.05, 3.63) is 95.8 Å². The molecule has 0 aliphatic rings. The lowest BCUT2D eigenvalue weighted by molar-refractivity contribution is 0.471. The summed E-state index contributed by atoms with van der Waals surface area (Å²) in [6.45, 7) is 4.00. The Morgan fingerprint density at radius 1 is 0.931 bits per heavy atom. The van der Waals surface area contributed by atoms with E-state index in [9.17, 15) is 10.4 Å². The Morgan fingerprint density at radius 2 is 1.76 bits per heavy atom. The Labute approximate surface area is 170 Å². The van der Waals surface area contributed by atoms with Gasteiger partial charge in [0.15, 0.2) is 0 Å². The molecule has 5 nitrogen and oxygen atoms in total. The third-order valence-corrected chi connectivity index (χ3v) is 4.40. The Hall–Kier alpha value is -3.91. The molecule has 4 rings (SSSR count). The Morgan fingerprint density at radius 3 is 2.52 bits per heavy atom. The molecule has 5 heteroatoms. The van der Waals surface area contributed by atoms with Crippen molar-refractivity contribution in [2.24, 2.45) is 0 Å². The van der Waals surface area contributed by atoms with Gasteiger partial charge >= 0.3 is 0 Å². The van der Waals surface area contributed by atoms with E-state index in [0.29, 0.717) is 22.5 Å². The van der Waals surface area contributed by atoms with Crippen LogP contribution in [0.2, 0.25) is 0 Å². The van der Waals surface area contributed by atoms with Gasteiger partial charge in [-0.25, -0.2) is 4.98 Å². The topological polar surface area (TPSA) is 81.8 Å². The van der Waals surface area contributed by atoms with Crippen LogP contribution in [-0.2, 0) is 0 Å². The third kappa shape index (κ3) is 4.33. The van der Waals surface area contributed by atoms with Crippen LogP contribution < -0.4 is 5.32 Å². The van der Waals surface area contributed by atoms with Crippen LogP contribution in [0.25, 0.3) is 10.9 Å². The summed E-state index contributed by atoms with van der Waals surface area (Å²) >= 11 is 0. The van der Waals surface area contributed by atoms with Crippen LogP contribution in [0.1, 0.15) is 36.6 Å². The number of nitrogens with one attached hydrogen (secondary N) is 1. The van der Waals surface area contributed by atoms with Crippen molar-refractivity contribution >= 4 is 16.7 Å². The van der Waals surface area contributed by atoms with Crippen molar-refractivity contribution < 1.29 is 5.11 Å². The molecule has 2 aromatic carbocycles. The minimum Gasteiger partial charge on any atom is -0.505 e. The van der Waals surface area contributed by atoms with Crippen molar-refractivity contribution in [2.75, 3.05) is 5.32 Å². The van der Waals surface area contributed by atoms with Crippen LogP contribution in [0.4, 0.5) is 5.82 Å². The first-order chi connectivity index (χ1) is 14.3. The molecule has 0 radical (unpaired) electrons. The first-order valence-corrected chi connectivity index (χ1v) is 9.50. The van der Waals surface area contributed by atoms with Crippen LogP contribution in [-0.4, -0.2) is 15.1 Å². The van der Waals surface area contributed by atoms with Crippen LogP contribution in [0, 0.1) is 11.3 Å². The van der Waals surface area contributed by atoms with E-state index in [2.05, 4.69) is 21.4 Å². The second kappa shape index (κ2) is 9.34. The van der Waals surface area contributed by atoms with E-state index in [1.165, 1.54) is 0 Å². The lowest BCUT2D eigenvalue weighted by Crippen LogP contribution is -2.14. The SMILES string of the molecule is CC.N#Cc1cccc(C(Nc2ccccn2)c2ccc3cccnc3c2O)c1. The zero-order valence-electron chi connectivity index (χ0n) is 16.4. The monoisotopic (exact) mass is 382 g/mol. The second-order valence-corrected chi connectivity index (χ2v) is 6.11. The summed E-state index contributed by atoms with van der Waals surface area (Å²) in [6, 6.07) is 22.2. The summed E-state index contributed by atoms with van der Waals surface area (Å²) < 4.78 is 0. The highest BCUT2D eigenvalue weighted by Crippen LogP contribution is 2.36. The summed E-state index contributed by atoms with van der Waals surface area (Å²) in [7, 11) is 0. The quantitative estimate of drug-likeness (QED) is 0.491. The van der Waals surface area contributed by atoms with Crippen LogP contribution in [0.15, 0.2) is 79.1 Å². The van der Waals surface area contributed by atoms with Gasteiger partial charge in [-0.15, -0.1) is 0 Å². The predicted molar refractivity (Wildman–Crippen MR) is 116 cm³/mol. The molecule has 29 heavy (non-hydrogen) atoms. The molecule has 2 aromatic heterocycles. The van der Waals surface area contributed by atoms with E-state index < -0.39 is 0 Å². The molecule has 2 heterocycles. The number of phenols is 1. The lowest BCUT2D eigenvalue weighted by Gasteiger charge is -2.22. The number of hydrogen-bond acceptors (Lipinski definition) is 5. The fourth-order valence-corrected chi connectivity index (χ4v) is 3.10. The summed E-state index contributed by atoms with van der Waals surface area (Å²) in [5.41, 5.74) is 2.62. The molecule has 0 amide bonds. The Kier molecular flexibility index (Phi) is 6.39. The number of fused-ring (bicyclic) bond motifs is 1. The molecule has 2 N–H and O–H groups in total. The van der Waals surface area contributed by atoms with Crippen molar-refractivity contribution in [3.63, 3.8) is 0 Å². The number of rotatable bonds is 4. The highest BCUT2D eigenvalue weighted by molar-refractivity contribution is 5.86. The maximum absolute atomic E-state index is 10.9. The van der Waals surface area contributed by atoms with Gasteiger partial charge in [0.25, 0.3) is 0 Å². The minimum atomic E-state index is -0.389. The number of nitriles is 1. The van der Waals surface area contributed by atoms with Gasteiger partial charge in [-0.05, 0) is 35.9 Å². The average Bonchev–Trinajstić information content (AvgIpc) is 2.80. The summed E-state index contributed by atoms with van der Waals surface area (Å²) in [4.78, 5) is 8.64. The minimum absolute atomic E-state index is 0.115. The van der Waals surface area contributed by atoms with Gasteiger partial charge in [-0.1, -0.05) is 50.2 Å². The van der Waals surface area contributed by atoms with Gasteiger partial charge in [0.05, 0.1) is 17.7 Å². The number of aromatic nitrogens is 2. The normalized spacial score (nSPS) is 11.1. The summed E-state index contributed by atoms with van der Waals surface area (Å²) in [5.74, 6) is 0.786. The second-order valence-electron chi connectivity index (χ2n) is 6.11. The number of anilines is 1. The number of pyridine rings is 2. The molecule has 0 aliphatic carbocycles. The molecule has 0 saturated heterocycles. The first-order valence-electron chi connectivity index (χ1n) is 9.50. The van der Waals surface area contributed by atoms with Crippen molar-refractivity contribution in [1.82, 2.24) is 9.97 Å². The fourth-order valence-electron chi connectivity index (χ4n) is 3.10. The molecule has 0 spiro atoms. The molecule has 0 aliphatic heterocycles. The molecule has 144 valence electrons. The molecule has 4 aromatic rings. The van der Waals surface area contributed by atoms with Gasteiger partial charge in [0.2, 0.25) is 0 Å². The lowest BCUT2D eigenvalue weighted by atomic mass is 9.95. The standard InChI is InChI=1S/C22H16N4O.C2H6/c23-14-15-5-3-6-17(13-15)20(26-19-8-1-2-11-24-19)18-10-9-16-7-4-12-25-21(16)22(18)27;1-2/h1-13,20,27H,(H,24,26);1-2H3. The number of benzene rings is 2. The predicted octanol–water partition coefficient (Wildman–Crippen LogP) is 5.43. The van der Waals surface area contributed by atoms with E-state index >= 15 is 0 Å². The molecule has 1 unspecified atom stereocenters. The molecule has 0 bridgehead atoms. The average molecular weight is 382 g/mol. The third-order valence-electron chi connectivity index (χ3n) is 4.40. The Bertz CT molecular complexity index is 1140. The smallest absolute Gasteiger partial charge is 0.147 e. The highest BCUT2D eigenvalue weighted by atomic mass is 16.3. The molecule has 0 fully saturated rings. The van der Waals surface area contributed by atoms with Crippen molar-refractivity contribution in [2.45, 2.75) is 19.9 Å². The molecular formula is C24H22N4O. The van der Waals surface area contributed by atoms with E-state index in [4.69, 9.17) is 0 Å². The molecular weight excluding hydrogens is 360 g/mol.